The molecule has 1 aromatic rings. The normalized spacial score (nSPS) is 16.0. The van der Waals surface area contributed by atoms with Crippen LogP contribution in [0, 0.1) is 18.8 Å². The fraction of sp³-hybridized carbons (Fsp3) is 0.556. The maximum atomic E-state index is 12.4. The maximum Gasteiger partial charge on any atom is 0.251 e. The van der Waals surface area contributed by atoms with Crippen LogP contribution in [0.4, 0.5) is 0 Å². The van der Waals surface area contributed by atoms with Crippen LogP contribution in [0.3, 0.4) is 0 Å². The zero-order valence-electron chi connectivity index (χ0n) is 14.5. The quantitative estimate of drug-likeness (QED) is 0.701. The van der Waals surface area contributed by atoms with E-state index in [4.69, 9.17) is 5.73 Å². The number of benzene rings is 1. The number of rotatable bonds is 7. The molecule has 1 aromatic carbocycles. The maximum absolute atomic E-state index is 12.4. The van der Waals surface area contributed by atoms with E-state index in [0.717, 1.165) is 18.4 Å². The number of halogens is 1. The van der Waals surface area contributed by atoms with Crippen molar-refractivity contribution >= 4 is 24.2 Å². The van der Waals surface area contributed by atoms with Gasteiger partial charge in [-0.2, -0.15) is 0 Å². The van der Waals surface area contributed by atoms with E-state index in [2.05, 4.69) is 10.6 Å². The molecule has 2 amide bonds. The lowest BCUT2D eigenvalue weighted by molar-refractivity contribution is -0.124. The number of amides is 2. The van der Waals surface area contributed by atoms with Crippen molar-refractivity contribution in [2.75, 3.05) is 6.54 Å². The number of nitrogens with two attached hydrogens (primary N) is 1. The zero-order valence-corrected chi connectivity index (χ0v) is 15.4. The molecule has 5 nitrogen and oxygen atoms in total. The van der Waals surface area contributed by atoms with Gasteiger partial charge in [0.15, 0.2) is 0 Å². The van der Waals surface area contributed by atoms with E-state index in [-0.39, 0.29) is 36.2 Å². The van der Waals surface area contributed by atoms with Crippen molar-refractivity contribution in [1.82, 2.24) is 10.6 Å². The summed E-state index contributed by atoms with van der Waals surface area (Å²) in [6, 6.07) is 6.79. The molecule has 0 saturated heterocycles. The predicted octanol–water partition coefficient (Wildman–Crippen LogP) is 2.02. The molecule has 6 heteroatoms. The summed E-state index contributed by atoms with van der Waals surface area (Å²) in [6.45, 7) is 6.24. The number of carbonyl (C=O) groups excluding carboxylic acids is 2. The minimum atomic E-state index is -0.561. The summed E-state index contributed by atoms with van der Waals surface area (Å²) in [7, 11) is 0. The molecule has 0 radical (unpaired) electrons. The van der Waals surface area contributed by atoms with Gasteiger partial charge in [0, 0.05) is 18.2 Å². The van der Waals surface area contributed by atoms with Gasteiger partial charge in [0.1, 0.15) is 6.04 Å². The minimum absolute atomic E-state index is 0. The van der Waals surface area contributed by atoms with Gasteiger partial charge in [0.25, 0.3) is 5.91 Å². The van der Waals surface area contributed by atoms with Crippen LogP contribution in [0.1, 0.15) is 42.6 Å². The molecule has 0 bridgehead atoms. The highest BCUT2D eigenvalue weighted by Crippen LogP contribution is 2.31. The Balaban J connectivity index is 0.00000288. The molecule has 2 unspecified atom stereocenters. The lowest BCUT2D eigenvalue weighted by Gasteiger charge is -2.23. The third-order valence-electron chi connectivity index (χ3n) is 4.26. The van der Waals surface area contributed by atoms with E-state index in [1.807, 2.05) is 39.0 Å². The highest BCUT2D eigenvalue weighted by molar-refractivity contribution is 5.97. The first-order valence-corrected chi connectivity index (χ1v) is 8.29. The number of hydrogen-bond donors (Lipinski definition) is 3. The van der Waals surface area contributed by atoms with Gasteiger partial charge in [-0.15, -0.1) is 12.4 Å². The number of aryl methyl sites for hydroxylation is 1. The Bertz CT molecular complexity index is 573. The van der Waals surface area contributed by atoms with Crippen LogP contribution in [0.25, 0.3) is 0 Å². The van der Waals surface area contributed by atoms with Crippen molar-refractivity contribution in [3.05, 3.63) is 35.4 Å². The third kappa shape index (κ3) is 5.80. The first-order chi connectivity index (χ1) is 10.9. The molecule has 0 heterocycles. The van der Waals surface area contributed by atoms with Crippen LogP contribution in [0.5, 0.6) is 0 Å². The summed E-state index contributed by atoms with van der Waals surface area (Å²) in [5, 5.41) is 5.71. The molecule has 4 N–H and O–H groups in total. The van der Waals surface area contributed by atoms with E-state index >= 15 is 0 Å². The Kier molecular flexibility index (Phi) is 7.70. The standard InChI is InChI=1S/C18H27N3O2.ClH/c1-11(2)16(18(23)20-10-15(19)13-7-8-13)21-17(22)14-6-4-5-12(3)9-14;/h4-6,9,11,13,15-16H,7-8,10,19H2,1-3H3,(H,20,23)(H,21,22);1H. The molecule has 0 aromatic heterocycles. The van der Waals surface area contributed by atoms with Crippen LogP contribution in [-0.2, 0) is 4.79 Å². The number of nitrogens with one attached hydrogen (secondary N) is 2. The summed E-state index contributed by atoms with van der Waals surface area (Å²) < 4.78 is 0. The largest absolute Gasteiger partial charge is 0.353 e. The molecular weight excluding hydrogens is 326 g/mol. The topological polar surface area (TPSA) is 84.2 Å². The second-order valence-corrected chi connectivity index (χ2v) is 6.81. The first-order valence-electron chi connectivity index (χ1n) is 8.29. The lowest BCUT2D eigenvalue weighted by atomic mass is 10.0. The average Bonchev–Trinajstić information content (AvgIpc) is 3.34. The van der Waals surface area contributed by atoms with Crippen molar-refractivity contribution < 1.29 is 9.59 Å². The molecule has 0 aliphatic heterocycles. The van der Waals surface area contributed by atoms with E-state index in [9.17, 15) is 9.59 Å². The van der Waals surface area contributed by atoms with Crippen molar-refractivity contribution in [3.8, 4) is 0 Å². The molecule has 24 heavy (non-hydrogen) atoms. The van der Waals surface area contributed by atoms with Crippen molar-refractivity contribution in [1.29, 1.82) is 0 Å². The monoisotopic (exact) mass is 353 g/mol. The number of carbonyl (C=O) groups is 2. The van der Waals surface area contributed by atoms with E-state index in [1.165, 1.54) is 0 Å². The van der Waals surface area contributed by atoms with Crippen LogP contribution < -0.4 is 16.4 Å². The molecule has 1 saturated carbocycles. The SMILES string of the molecule is Cc1cccc(C(=O)NC(C(=O)NCC(N)C2CC2)C(C)C)c1.Cl. The van der Waals surface area contributed by atoms with E-state index in [0.29, 0.717) is 18.0 Å². The van der Waals surface area contributed by atoms with Gasteiger partial charge < -0.3 is 16.4 Å². The van der Waals surface area contributed by atoms with Gasteiger partial charge in [0.05, 0.1) is 0 Å². The second kappa shape index (κ2) is 9.04. The summed E-state index contributed by atoms with van der Waals surface area (Å²) in [4.78, 5) is 24.7. The van der Waals surface area contributed by atoms with E-state index in [1.54, 1.807) is 6.07 Å². The van der Waals surface area contributed by atoms with Gasteiger partial charge in [-0.1, -0.05) is 31.5 Å². The second-order valence-electron chi connectivity index (χ2n) is 6.81. The molecule has 0 spiro atoms. The van der Waals surface area contributed by atoms with Crippen molar-refractivity contribution in [2.24, 2.45) is 17.6 Å². The van der Waals surface area contributed by atoms with Crippen LogP contribution in [0.15, 0.2) is 24.3 Å². The Morgan fingerprint density at radius 3 is 2.50 bits per heavy atom. The molecule has 1 aliphatic rings. The van der Waals surface area contributed by atoms with Gasteiger partial charge in [-0.3, -0.25) is 9.59 Å². The van der Waals surface area contributed by atoms with Crippen molar-refractivity contribution in [2.45, 2.75) is 45.7 Å². The lowest BCUT2D eigenvalue weighted by Crippen LogP contribution is -2.52. The average molecular weight is 354 g/mol. The highest BCUT2D eigenvalue weighted by atomic mass is 35.5. The van der Waals surface area contributed by atoms with Crippen molar-refractivity contribution in [3.63, 3.8) is 0 Å². The smallest absolute Gasteiger partial charge is 0.251 e. The Morgan fingerprint density at radius 2 is 1.96 bits per heavy atom. The molecule has 1 fully saturated rings. The third-order valence-corrected chi connectivity index (χ3v) is 4.26. The molecule has 2 atom stereocenters. The van der Waals surface area contributed by atoms with Gasteiger partial charge in [0.2, 0.25) is 5.91 Å². The summed E-state index contributed by atoms with van der Waals surface area (Å²) >= 11 is 0. The predicted molar refractivity (Wildman–Crippen MR) is 98.2 cm³/mol. The summed E-state index contributed by atoms with van der Waals surface area (Å²) in [6.07, 6.45) is 2.30. The molecule has 2 rings (SSSR count). The molecular formula is C18H28ClN3O2. The Morgan fingerprint density at radius 1 is 1.29 bits per heavy atom. The number of hydrogen-bond acceptors (Lipinski definition) is 3. The molecule has 1 aliphatic carbocycles. The highest BCUT2D eigenvalue weighted by Gasteiger charge is 2.30. The van der Waals surface area contributed by atoms with Gasteiger partial charge >= 0.3 is 0 Å². The molecule has 134 valence electrons. The summed E-state index contributed by atoms with van der Waals surface area (Å²) in [5.41, 5.74) is 7.59. The fourth-order valence-corrected chi connectivity index (χ4v) is 2.57. The van der Waals surface area contributed by atoms with E-state index < -0.39 is 6.04 Å². The Labute approximate surface area is 150 Å². The minimum Gasteiger partial charge on any atom is -0.353 e. The Hall–Kier alpha value is -1.59. The fourth-order valence-electron chi connectivity index (χ4n) is 2.57. The summed E-state index contributed by atoms with van der Waals surface area (Å²) in [5.74, 6) is 0.140. The first kappa shape index (κ1) is 20.5. The van der Waals surface area contributed by atoms with Crippen LogP contribution >= 0.6 is 12.4 Å². The van der Waals surface area contributed by atoms with Crippen LogP contribution in [-0.4, -0.2) is 30.4 Å². The van der Waals surface area contributed by atoms with Gasteiger partial charge in [-0.05, 0) is 43.7 Å². The van der Waals surface area contributed by atoms with Gasteiger partial charge in [-0.25, -0.2) is 0 Å². The zero-order chi connectivity index (χ0) is 17.0. The van der Waals surface area contributed by atoms with Crippen LogP contribution in [0.2, 0.25) is 0 Å².